The molecule has 0 aliphatic heterocycles. The van der Waals surface area contributed by atoms with Crippen LogP contribution in [0.1, 0.15) is 51.0 Å². The minimum atomic E-state index is -0.282. The average Bonchev–Trinajstić information content (AvgIpc) is 2.84. The number of phenolic OH excluding ortho intramolecular Hbond substituents is 1. The molecule has 1 heterocycles. The molecule has 1 aromatic heterocycles. The molecule has 0 amide bonds. The van der Waals surface area contributed by atoms with E-state index in [4.69, 9.17) is 0 Å². The fraction of sp³-hybridized carbons (Fsp3) is 0.286. The zero-order chi connectivity index (χ0) is 22.9. The van der Waals surface area contributed by atoms with Crippen molar-refractivity contribution in [2.45, 2.75) is 51.9 Å². The van der Waals surface area contributed by atoms with Crippen LogP contribution < -0.4 is 10.9 Å². The molecule has 4 nitrogen and oxygen atoms in total. The van der Waals surface area contributed by atoms with Gasteiger partial charge in [-0.05, 0) is 25.0 Å². The first kappa shape index (κ1) is 21.7. The summed E-state index contributed by atoms with van der Waals surface area (Å²) in [5.74, 6) is -0.0288. The lowest BCUT2D eigenvalue weighted by atomic mass is 9.95. The smallest absolute Gasteiger partial charge is 0.198 e. The van der Waals surface area contributed by atoms with Crippen LogP contribution in [-0.4, -0.2) is 10.1 Å². The normalized spacial score (nSPS) is 11.8. The van der Waals surface area contributed by atoms with Crippen molar-refractivity contribution >= 4 is 53.3 Å². The van der Waals surface area contributed by atoms with Crippen molar-refractivity contribution in [3.8, 4) is 5.75 Å². The Morgan fingerprint density at radius 1 is 0.818 bits per heavy atom. The molecule has 168 valence electrons. The van der Waals surface area contributed by atoms with Crippen molar-refractivity contribution < 1.29 is 5.11 Å². The Morgan fingerprint density at radius 2 is 1.45 bits per heavy atom. The fourth-order valence-electron chi connectivity index (χ4n) is 4.81. The number of benzene rings is 4. The molecule has 0 saturated heterocycles. The number of aromatic nitrogens is 1. The Kier molecular flexibility index (Phi) is 5.90. The van der Waals surface area contributed by atoms with Crippen LogP contribution in [0.2, 0.25) is 0 Å². The number of aromatic hydroxyl groups is 1. The first-order valence-electron chi connectivity index (χ1n) is 11.8. The van der Waals surface area contributed by atoms with E-state index in [0.717, 1.165) is 33.3 Å². The number of unbranched alkanes of at least 4 members (excludes halogenated alkanes) is 5. The predicted octanol–water partition coefficient (Wildman–Crippen LogP) is 7.02. The van der Waals surface area contributed by atoms with Gasteiger partial charge in [-0.3, -0.25) is 9.59 Å². The van der Waals surface area contributed by atoms with E-state index in [-0.39, 0.29) is 22.0 Å². The molecule has 5 rings (SSSR count). The van der Waals surface area contributed by atoms with E-state index in [2.05, 4.69) is 11.9 Å². The van der Waals surface area contributed by atoms with Gasteiger partial charge < -0.3 is 10.1 Å². The molecule has 5 aromatic rings. The summed E-state index contributed by atoms with van der Waals surface area (Å²) < 4.78 is 1.91. The molecular weight excluding hydrogens is 430 g/mol. The van der Waals surface area contributed by atoms with Gasteiger partial charge in [0.05, 0.1) is 31.2 Å². The van der Waals surface area contributed by atoms with E-state index in [1.54, 1.807) is 35.6 Å². The number of hydrogen-bond acceptors (Lipinski definition) is 4. The number of H-pyrrole nitrogens is 1. The van der Waals surface area contributed by atoms with E-state index in [1.807, 2.05) is 24.3 Å². The van der Waals surface area contributed by atoms with E-state index in [0.29, 0.717) is 28.1 Å². The standard InChI is InChI=1S/C28H27NO3S/c1-2-3-4-5-6-7-14-19-27(32)23-22(25(30)17-12-8-9-13-18(17)26(23)31)24-28(19)33-21-16-11-10-15-20(21)29-24/h8-13,15-16,29,32H,2-7,14H2,1H3. The molecule has 0 aliphatic rings. The Bertz CT molecular complexity index is 1610. The van der Waals surface area contributed by atoms with Gasteiger partial charge in [-0.1, -0.05) is 75.4 Å². The van der Waals surface area contributed by atoms with Crippen molar-refractivity contribution in [2.24, 2.45) is 0 Å². The Hall–Kier alpha value is -3.18. The van der Waals surface area contributed by atoms with Gasteiger partial charge in [-0.15, -0.1) is 11.3 Å². The third kappa shape index (κ3) is 3.70. The molecule has 4 aromatic carbocycles. The van der Waals surface area contributed by atoms with Crippen molar-refractivity contribution in [3.63, 3.8) is 0 Å². The van der Waals surface area contributed by atoms with E-state index >= 15 is 0 Å². The van der Waals surface area contributed by atoms with Gasteiger partial charge in [0.15, 0.2) is 10.9 Å². The number of rotatable bonds is 7. The maximum atomic E-state index is 13.5. The lowest BCUT2D eigenvalue weighted by Crippen LogP contribution is -2.14. The summed E-state index contributed by atoms with van der Waals surface area (Å²) in [5.41, 5.74) is 1.83. The number of hydrogen-bond donors (Lipinski definition) is 2. The maximum Gasteiger partial charge on any atom is 0.198 e. The van der Waals surface area contributed by atoms with Gasteiger partial charge in [0.2, 0.25) is 0 Å². The second kappa shape index (κ2) is 8.99. The van der Waals surface area contributed by atoms with Crippen LogP contribution in [0.15, 0.2) is 58.1 Å². The largest absolute Gasteiger partial charge is 0.507 e. The van der Waals surface area contributed by atoms with Gasteiger partial charge in [0, 0.05) is 16.3 Å². The summed E-state index contributed by atoms with van der Waals surface area (Å²) in [6.07, 6.45) is 7.52. The molecule has 33 heavy (non-hydrogen) atoms. The topological polar surface area (TPSA) is 70.2 Å². The minimum absolute atomic E-state index is 0.0288. The highest BCUT2D eigenvalue weighted by Crippen LogP contribution is 2.39. The Balaban J connectivity index is 1.80. The highest BCUT2D eigenvalue weighted by atomic mass is 32.1. The number of para-hydroxylation sites is 1. The molecular formula is C28H27NO3S. The zero-order valence-electron chi connectivity index (χ0n) is 18.7. The molecule has 5 heteroatoms. The molecule has 0 spiro atoms. The highest BCUT2D eigenvalue weighted by Gasteiger charge is 2.22. The number of fused-ring (bicyclic) bond motifs is 5. The summed E-state index contributed by atoms with van der Waals surface area (Å²) in [6, 6.07) is 14.8. The monoisotopic (exact) mass is 457 g/mol. The molecule has 0 unspecified atom stereocenters. The highest BCUT2D eigenvalue weighted by molar-refractivity contribution is 7.24. The van der Waals surface area contributed by atoms with Crippen LogP contribution in [0, 0.1) is 0 Å². The van der Waals surface area contributed by atoms with Crippen molar-refractivity contribution in [1.82, 2.24) is 4.98 Å². The molecule has 0 atom stereocenters. The summed E-state index contributed by atoms with van der Waals surface area (Å²) in [7, 11) is 0. The fourth-order valence-corrected chi connectivity index (χ4v) is 5.98. The van der Waals surface area contributed by atoms with Crippen LogP contribution in [0.25, 0.3) is 42.0 Å². The zero-order valence-corrected chi connectivity index (χ0v) is 19.6. The van der Waals surface area contributed by atoms with Gasteiger partial charge in [0.1, 0.15) is 5.75 Å². The lowest BCUT2D eigenvalue weighted by molar-refractivity contribution is 0.473. The summed E-state index contributed by atoms with van der Waals surface area (Å²) in [4.78, 5) is 30.4. The lowest BCUT2D eigenvalue weighted by Gasteiger charge is -2.14. The molecule has 0 aliphatic carbocycles. The Labute approximate surface area is 195 Å². The molecule has 0 bridgehead atoms. The molecule has 0 radical (unpaired) electrons. The average molecular weight is 458 g/mol. The SMILES string of the molecule is CCCCCCCCc1c(O)c2c(=O)c3ccccc3c(=O)c2c2[nH]c3ccccc3sc12. The van der Waals surface area contributed by atoms with Crippen molar-refractivity contribution in [2.75, 3.05) is 0 Å². The predicted molar refractivity (Wildman–Crippen MR) is 140 cm³/mol. The van der Waals surface area contributed by atoms with Crippen LogP contribution in [-0.2, 0) is 6.42 Å². The van der Waals surface area contributed by atoms with Gasteiger partial charge in [0.25, 0.3) is 0 Å². The second-order valence-electron chi connectivity index (χ2n) is 8.73. The summed E-state index contributed by atoms with van der Waals surface area (Å²) >= 11 is 1.57. The molecule has 0 fully saturated rings. The molecule has 0 saturated carbocycles. The number of phenols is 1. The third-order valence-corrected chi connectivity index (χ3v) is 7.76. The maximum absolute atomic E-state index is 13.5. The van der Waals surface area contributed by atoms with Crippen molar-refractivity contribution in [3.05, 3.63) is 74.5 Å². The van der Waals surface area contributed by atoms with Crippen LogP contribution in [0.5, 0.6) is 5.75 Å². The van der Waals surface area contributed by atoms with Crippen LogP contribution in [0.3, 0.4) is 0 Å². The van der Waals surface area contributed by atoms with E-state index in [9.17, 15) is 14.7 Å². The quantitative estimate of drug-likeness (QED) is 0.157. The number of aryl methyl sites for hydroxylation is 1. The number of aromatic amines is 1. The van der Waals surface area contributed by atoms with Crippen LogP contribution in [0.4, 0.5) is 0 Å². The third-order valence-electron chi connectivity index (χ3n) is 6.53. The van der Waals surface area contributed by atoms with Gasteiger partial charge in [-0.25, -0.2) is 0 Å². The second-order valence-corrected chi connectivity index (χ2v) is 9.78. The number of nitrogens with one attached hydrogen (secondary N) is 1. The van der Waals surface area contributed by atoms with E-state index < -0.39 is 0 Å². The summed E-state index contributed by atoms with van der Waals surface area (Å²) in [5, 5.41) is 12.6. The first-order valence-corrected chi connectivity index (χ1v) is 12.6. The van der Waals surface area contributed by atoms with E-state index in [1.165, 1.54) is 25.7 Å². The minimum Gasteiger partial charge on any atom is -0.507 e. The summed E-state index contributed by atoms with van der Waals surface area (Å²) in [6.45, 7) is 2.20. The van der Waals surface area contributed by atoms with Crippen LogP contribution >= 0.6 is 11.3 Å². The first-order chi connectivity index (χ1) is 16.1. The molecule has 2 N–H and O–H groups in total. The Morgan fingerprint density at radius 3 is 2.21 bits per heavy atom. The van der Waals surface area contributed by atoms with Crippen molar-refractivity contribution in [1.29, 1.82) is 0 Å². The van der Waals surface area contributed by atoms with Gasteiger partial charge in [-0.2, -0.15) is 0 Å². The van der Waals surface area contributed by atoms with Gasteiger partial charge >= 0.3 is 0 Å².